The molecule has 0 unspecified atom stereocenters. The third-order valence-electron chi connectivity index (χ3n) is 2.92. The zero-order chi connectivity index (χ0) is 13.4. The first-order valence-electron chi connectivity index (χ1n) is 6.66. The summed E-state index contributed by atoms with van der Waals surface area (Å²) in [5.74, 6) is 2.19. The lowest BCUT2D eigenvalue weighted by Crippen LogP contribution is -2.10. The number of hydrogen-bond acceptors (Lipinski definition) is 5. The van der Waals surface area contributed by atoms with Crippen molar-refractivity contribution in [3.8, 4) is 0 Å². The smallest absolute Gasteiger partial charge is 0.134 e. The van der Waals surface area contributed by atoms with Gasteiger partial charge in [0.1, 0.15) is 17.5 Å². The predicted octanol–water partition coefficient (Wildman–Crippen LogP) is 1.89. The molecule has 0 bridgehead atoms. The minimum absolute atomic E-state index is 0.287. The van der Waals surface area contributed by atoms with Gasteiger partial charge in [0.15, 0.2) is 0 Å². The molecule has 1 heterocycles. The van der Waals surface area contributed by atoms with Crippen LogP contribution in [0.5, 0.6) is 0 Å². The molecule has 0 aliphatic carbocycles. The predicted molar refractivity (Wildman–Crippen MR) is 74.6 cm³/mol. The average Bonchev–Trinajstić information content (AvgIpc) is 2.38. The number of nitrogen functional groups attached to an aromatic ring is 1. The molecule has 18 heavy (non-hydrogen) atoms. The highest BCUT2D eigenvalue weighted by Gasteiger charge is 2.06. The molecule has 0 amide bonds. The van der Waals surface area contributed by atoms with Crippen LogP contribution in [0.4, 0.5) is 11.6 Å². The highest BCUT2D eigenvalue weighted by Crippen LogP contribution is 2.17. The summed E-state index contributed by atoms with van der Waals surface area (Å²) in [6, 6.07) is 0. The fraction of sp³-hybridized carbons (Fsp3) is 0.692. The van der Waals surface area contributed by atoms with E-state index in [1.165, 1.54) is 0 Å². The second-order valence-electron chi connectivity index (χ2n) is 4.42. The van der Waals surface area contributed by atoms with Gasteiger partial charge in [-0.3, -0.25) is 0 Å². The van der Waals surface area contributed by atoms with E-state index < -0.39 is 0 Å². The van der Waals surface area contributed by atoms with E-state index in [-0.39, 0.29) is 6.61 Å². The van der Waals surface area contributed by atoms with Crippen molar-refractivity contribution in [3.63, 3.8) is 0 Å². The summed E-state index contributed by atoms with van der Waals surface area (Å²) in [5, 5.41) is 12.0. The summed E-state index contributed by atoms with van der Waals surface area (Å²) in [4.78, 5) is 8.66. The van der Waals surface area contributed by atoms with Crippen molar-refractivity contribution < 1.29 is 5.11 Å². The molecule has 0 aliphatic heterocycles. The summed E-state index contributed by atoms with van der Waals surface area (Å²) in [6.07, 6.45) is 4.94. The number of aromatic nitrogens is 2. The standard InChI is InChI=1S/C13H24N4O/c1-3-11-16-12(14)10(2)13(17-11)15-8-6-4-5-7-9-18/h18H,3-9H2,1-2H3,(H3,14,15,16,17). The third kappa shape index (κ3) is 4.49. The lowest BCUT2D eigenvalue weighted by Gasteiger charge is -2.11. The first-order chi connectivity index (χ1) is 8.69. The molecular weight excluding hydrogens is 228 g/mol. The average molecular weight is 252 g/mol. The van der Waals surface area contributed by atoms with Gasteiger partial charge in [0.2, 0.25) is 0 Å². The van der Waals surface area contributed by atoms with Crippen LogP contribution in [-0.2, 0) is 6.42 Å². The van der Waals surface area contributed by atoms with Crippen molar-refractivity contribution in [3.05, 3.63) is 11.4 Å². The second kappa shape index (κ2) is 7.87. The van der Waals surface area contributed by atoms with Gasteiger partial charge in [-0.1, -0.05) is 19.8 Å². The number of nitrogens with zero attached hydrogens (tertiary/aromatic N) is 2. The molecule has 0 saturated heterocycles. The van der Waals surface area contributed by atoms with Crippen LogP contribution in [0.3, 0.4) is 0 Å². The van der Waals surface area contributed by atoms with Gasteiger partial charge in [0.25, 0.3) is 0 Å². The fourth-order valence-corrected chi connectivity index (χ4v) is 1.71. The van der Waals surface area contributed by atoms with E-state index in [0.717, 1.165) is 55.9 Å². The Bertz CT molecular complexity index is 368. The molecule has 5 heteroatoms. The van der Waals surface area contributed by atoms with Crippen molar-refractivity contribution in [2.45, 2.75) is 46.0 Å². The molecule has 1 aromatic rings. The number of unbranched alkanes of at least 4 members (excludes halogenated alkanes) is 3. The molecule has 0 fully saturated rings. The van der Waals surface area contributed by atoms with Gasteiger partial charge in [-0.05, 0) is 19.8 Å². The third-order valence-corrected chi connectivity index (χ3v) is 2.92. The van der Waals surface area contributed by atoms with Gasteiger partial charge < -0.3 is 16.2 Å². The lowest BCUT2D eigenvalue weighted by molar-refractivity contribution is 0.283. The molecule has 102 valence electrons. The van der Waals surface area contributed by atoms with Crippen molar-refractivity contribution in [2.24, 2.45) is 0 Å². The lowest BCUT2D eigenvalue weighted by atomic mass is 10.2. The van der Waals surface area contributed by atoms with Crippen LogP contribution < -0.4 is 11.1 Å². The van der Waals surface area contributed by atoms with Crippen LogP contribution >= 0.6 is 0 Å². The number of nitrogens with one attached hydrogen (secondary N) is 1. The van der Waals surface area contributed by atoms with Crippen LogP contribution in [0, 0.1) is 6.92 Å². The minimum Gasteiger partial charge on any atom is -0.396 e. The van der Waals surface area contributed by atoms with Crippen molar-refractivity contribution in [2.75, 3.05) is 24.2 Å². The molecule has 1 rings (SSSR count). The Morgan fingerprint density at radius 2 is 1.89 bits per heavy atom. The minimum atomic E-state index is 0.287. The van der Waals surface area contributed by atoms with E-state index in [0.29, 0.717) is 5.82 Å². The van der Waals surface area contributed by atoms with Crippen molar-refractivity contribution in [1.82, 2.24) is 9.97 Å². The first kappa shape index (κ1) is 14.7. The molecule has 0 saturated carbocycles. The number of hydrogen-bond donors (Lipinski definition) is 3. The van der Waals surface area contributed by atoms with E-state index in [9.17, 15) is 0 Å². The maximum absolute atomic E-state index is 8.68. The Morgan fingerprint density at radius 1 is 1.17 bits per heavy atom. The van der Waals surface area contributed by atoms with Gasteiger partial charge in [-0.15, -0.1) is 0 Å². The zero-order valence-corrected chi connectivity index (χ0v) is 11.4. The summed E-state index contributed by atoms with van der Waals surface area (Å²) >= 11 is 0. The highest BCUT2D eigenvalue weighted by molar-refractivity contribution is 5.54. The van der Waals surface area contributed by atoms with Crippen molar-refractivity contribution in [1.29, 1.82) is 0 Å². The Hall–Kier alpha value is -1.36. The van der Waals surface area contributed by atoms with E-state index >= 15 is 0 Å². The fourth-order valence-electron chi connectivity index (χ4n) is 1.71. The molecule has 0 atom stereocenters. The Balaban J connectivity index is 2.44. The number of aryl methyl sites for hydroxylation is 1. The molecule has 1 aromatic heterocycles. The monoisotopic (exact) mass is 252 g/mol. The number of aliphatic hydroxyl groups is 1. The quantitative estimate of drug-likeness (QED) is 0.615. The maximum Gasteiger partial charge on any atom is 0.134 e. The van der Waals surface area contributed by atoms with Gasteiger partial charge in [-0.25, -0.2) is 9.97 Å². The summed E-state index contributed by atoms with van der Waals surface area (Å²) in [7, 11) is 0. The largest absolute Gasteiger partial charge is 0.396 e. The first-order valence-corrected chi connectivity index (χ1v) is 6.66. The molecule has 0 aromatic carbocycles. The Morgan fingerprint density at radius 3 is 2.56 bits per heavy atom. The molecular formula is C13H24N4O. The zero-order valence-electron chi connectivity index (χ0n) is 11.4. The Labute approximate surface area is 109 Å². The maximum atomic E-state index is 8.68. The molecule has 0 radical (unpaired) electrons. The van der Waals surface area contributed by atoms with Gasteiger partial charge in [0.05, 0.1) is 0 Å². The number of aliphatic hydroxyl groups excluding tert-OH is 1. The molecule has 4 N–H and O–H groups in total. The Kier molecular flexibility index (Phi) is 6.43. The summed E-state index contributed by atoms with van der Waals surface area (Å²) in [5.41, 5.74) is 6.77. The van der Waals surface area contributed by atoms with Crippen molar-refractivity contribution >= 4 is 11.6 Å². The summed E-state index contributed by atoms with van der Waals surface area (Å²) < 4.78 is 0. The normalized spacial score (nSPS) is 10.6. The van der Waals surface area contributed by atoms with Gasteiger partial charge in [0, 0.05) is 25.1 Å². The molecule has 0 aliphatic rings. The number of nitrogens with two attached hydrogens (primary N) is 1. The second-order valence-corrected chi connectivity index (χ2v) is 4.42. The van der Waals surface area contributed by atoms with Gasteiger partial charge >= 0.3 is 0 Å². The van der Waals surface area contributed by atoms with Crippen LogP contribution in [0.15, 0.2) is 0 Å². The molecule has 5 nitrogen and oxygen atoms in total. The van der Waals surface area contributed by atoms with Crippen LogP contribution in [0.1, 0.15) is 44.0 Å². The van der Waals surface area contributed by atoms with Gasteiger partial charge in [-0.2, -0.15) is 0 Å². The van der Waals surface area contributed by atoms with E-state index in [1.807, 2.05) is 13.8 Å². The van der Waals surface area contributed by atoms with Crippen LogP contribution in [0.25, 0.3) is 0 Å². The van der Waals surface area contributed by atoms with E-state index in [4.69, 9.17) is 10.8 Å². The van der Waals surface area contributed by atoms with Crippen LogP contribution in [0.2, 0.25) is 0 Å². The number of anilines is 2. The topological polar surface area (TPSA) is 84.1 Å². The van der Waals surface area contributed by atoms with Crippen LogP contribution in [-0.4, -0.2) is 28.2 Å². The highest BCUT2D eigenvalue weighted by atomic mass is 16.2. The van der Waals surface area contributed by atoms with E-state index in [2.05, 4.69) is 15.3 Å². The number of rotatable bonds is 8. The SMILES string of the molecule is CCc1nc(N)c(C)c(NCCCCCCO)n1. The molecule has 0 spiro atoms. The van der Waals surface area contributed by atoms with E-state index in [1.54, 1.807) is 0 Å². The summed E-state index contributed by atoms with van der Waals surface area (Å²) in [6.45, 7) is 5.12.